The molecule has 0 saturated carbocycles. The Balaban J connectivity index is 1.69. The fourth-order valence-corrected chi connectivity index (χ4v) is 3.94. The number of fused-ring (bicyclic) bond motifs is 1. The predicted octanol–water partition coefficient (Wildman–Crippen LogP) is 0.916. The van der Waals surface area contributed by atoms with Gasteiger partial charge >= 0.3 is 0 Å². The van der Waals surface area contributed by atoms with E-state index < -0.39 is 0 Å². The Morgan fingerprint density at radius 3 is 3.06 bits per heavy atom. The average Bonchev–Trinajstić information content (AvgIpc) is 3.03. The highest BCUT2D eigenvalue weighted by Crippen LogP contribution is 2.33. The second-order valence-electron chi connectivity index (χ2n) is 4.99. The van der Waals surface area contributed by atoms with Crippen molar-refractivity contribution in [3.63, 3.8) is 0 Å². The van der Waals surface area contributed by atoms with Gasteiger partial charge in [-0.25, -0.2) is 0 Å². The van der Waals surface area contributed by atoms with Crippen LogP contribution in [0.4, 0.5) is 0 Å². The van der Waals surface area contributed by atoms with E-state index in [9.17, 15) is 4.79 Å². The fourth-order valence-electron chi connectivity index (χ4n) is 3.21. The zero-order valence-corrected chi connectivity index (χ0v) is 11.1. The van der Waals surface area contributed by atoms with Crippen LogP contribution in [0.1, 0.15) is 17.7 Å². The van der Waals surface area contributed by atoms with E-state index >= 15 is 0 Å². The largest absolute Gasteiger partial charge is 0.395 e. The van der Waals surface area contributed by atoms with Crippen molar-refractivity contribution in [1.82, 2.24) is 9.80 Å². The van der Waals surface area contributed by atoms with Gasteiger partial charge in [0.1, 0.15) is 0 Å². The van der Waals surface area contributed by atoms with E-state index in [0.717, 1.165) is 19.5 Å². The lowest BCUT2D eigenvalue weighted by molar-refractivity contribution is -0.129. The number of nitrogens with zero attached hydrogens (tertiary/aromatic N) is 2. The van der Waals surface area contributed by atoms with Crippen LogP contribution < -0.4 is 0 Å². The van der Waals surface area contributed by atoms with Crippen LogP contribution in [0, 0.1) is 0 Å². The number of carbonyl (C=O) groups excluding carboxylic acids is 1. The smallest absolute Gasteiger partial charge is 0.224 e. The lowest BCUT2D eigenvalue weighted by Gasteiger charge is -2.24. The number of β-amino-alcohol motifs (C(OH)–C–C–N with tert-alkyl or cyclic N) is 1. The third-order valence-corrected chi connectivity index (χ3v) is 4.87. The Bertz CT molecular complexity index is 421. The quantitative estimate of drug-likeness (QED) is 0.881. The molecule has 2 saturated heterocycles. The lowest BCUT2D eigenvalue weighted by atomic mass is 10.1. The first-order valence-electron chi connectivity index (χ1n) is 6.46. The highest BCUT2D eigenvalue weighted by atomic mass is 32.1. The van der Waals surface area contributed by atoms with E-state index in [1.807, 2.05) is 4.90 Å². The Labute approximate surface area is 111 Å². The van der Waals surface area contributed by atoms with Gasteiger partial charge in [0.05, 0.1) is 6.61 Å². The van der Waals surface area contributed by atoms with Gasteiger partial charge in [0, 0.05) is 43.0 Å². The number of aliphatic hydroxyl groups excluding tert-OH is 1. The lowest BCUT2D eigenvalue weighted by Crippen LogP contribution is -2.38. The molecule has 18 heavy (non-hydrogen) atoms. The summed E-state index contributed by atoms with van der Waals surface area (Å²) >= 11 is 1.78. The topological polar surface area (TPSA) is 43.8 Å². The van der Waals surface area contributed by atoms with E-state index in [2.05, 4.69) is 22.4 Å². The van der Waals surface area contributed by atoms with Gasteiger partial charge < -0.3 is 10.0 Å². The van der Waals surface area contributed by atoms with Crippen molar-refractivity contribution in [2.24, 2.45) is 0 Å². The molecule has 1 N–H and O–H groups in total. The third kappa shape index (κ3) is 2.06. The number of carbonyl (C=O) groups is 1. The van der Waals surface area contributed by atoms with Crippen LogP contribution in [0.25, 0.3) is 0 Å². The van der Waals surface area contributed by atoms with Crippen molar-refractivity contribution >= 4 is 17.2 Å². The summed E-state index contributed by atoms with van der Waals surface area (Å²) in [6.07, 6.45) is 1.66. The molecule has 0 radical (unpaired) electrons. The van der Waals surface area contributed by atoms with Gasteiger partial charge in [0.2, 0.25) is 5.91 Å². The van der Waals surface area contributed by atoms with Gasteiger partial charge in [0.25, 0.3) is 0 Å². The zero-order valence-electron chi connectivity index (χ0n) is 10.3. The molecule has 0 aliphatic carbocycles. The molecule has 1 aromatic heterocycles. The van der Waals surface area contributed by atoms with Gasteiger partial charge in [-0.05, 0) is 17.9 Å². The van der Waals surface area contributed by atoms with Crippen LogP contribution in [-0.4, -0.2) is 52.6 Å². The maximum absolute atomic E-state index is 11.9. The summed E-state index contributed by atoms with van der Waals surface area (Å²) in [6, 6.07) is 4.90. The molecular weight excluding hydrogens is 248 g/mol. The molecule has 98 valence electrons. The second-order valence-corrected chi connectivity index (χ2v) is 6.02. The third-order valence-electron chi connectivity index (χ3n) is 4.01. The summed E-state index contributed by atoms with van der Waals surface area (Å²) in [5.41, 5.74) is 0. The molecule has 2 aliphatic heterocycles. The predicted molar refractivity (Wildman–Crippen MR) is 70.3 cm³/mol. The van der Waals surface area contributed by atoms with E-state index in [0.29, 0.717) is 25.0 Å². The maximum Gasteiger partial charge on any atom is 0.224 e. The van der Waals surface area contributed by atoms with Gasteiger partial charge in [-0.1, -0.05) is 6.07 Å². The summed E-state index contributed by atoms with van der Waals surface area (Å²) in [6.45, 7) is 2.58. The van der Waals surface area contributed by atoms with Crippen LogP contribution in [-0.2, 0) is 11.3 Å². The SMILES string of the molecule is O=C1C[C@@H]2[C@H](CCN2Cc2cccs2)N1CCO. The summed E-state index contributed by atoms with van der Waals surface area (Å²) in [7, 11) is 0. The van der Waals surface area contributed by atoms with Crippen LogP contribution >= 0.6 is 11.3 Å². The molecule has 2 atom stereocenters. The molecule has 0 unspecified atom stereocenters. The minimum Gasteiger partial charge on any atom is -0.395 e. The average molecular weight is 266 g/mol. The zero-order chi connectivity index (χ0) is 12.5. The second kappa shape index (κ2) is 4.99. The van der Waals surface area contributed by atoms with E-state index in [4.69, 9.17) is 5.11 Å². The molecule has 3 rings (SSSR count). The van der Waals surface area contributed by atoms with Gasteiger partial charge in [0.15, 0.2) is 0 Å². The van der Waals surface area contributed by atoms with Crippen LogP contribution in [0.2, 0.25) is 0 Å². The Morgan fingerprint density at radius 1 is 1.44 bits per heavy atom. The molecule has 0 spiro atoms. The van der Waals surface area contributed by atoms with Gasteiger partial charge in [-0.15, -0.1) is 11.3 Å². The first kappa shape index (κ1) is 12.1. The number of likely N-dealkylation sites (tertiary alicyclic amines) is 2. The number of hydrogen-bond donors (Lipinski definition) is 1. The van der Waals surface area contributed by atoms with Crippen molar-refractivity contribution in [2.75, 3.05) is 19.7 Å². The molecule has 1 aromatic rings. The summed E-state index contributed by atoms with van der Waals surface area (Å²) < 4.78 is 0. The summed E-state index contributed by atoms with van der Waals surface area (Å²) in [4.78, 5) is 17.6. The minimum absolute atomic E-state index is 0.0693. The number of rotatable bonds is 4. The molecule has 2 aliphatic rings. The van der Waals surface area contributed by atoms with Crippen molar-refractivity contribution < 1.29 is 9.90 Å². The normalized spacial score (nSPS) is 28.1. The Hall–Kier alpha value is -0.910. The van der Waals surface area contributed by atoms with Gasteiger partial charge in [-0.3, -0.25) is 9.69 Å². The van der Waals surface area contributed by atoms with Crippen LogP contribution in [0.5, 0.6) is 0 Å². The first-order valence-corrected chi connectivity index (χ1v) is 7.34. The fraction of sp³-hybridized carbons (Fsp3) is 0.615. The highest BCUT2D eigenvalue weighted by molar-refractivity contribution is 7.09. The van der Waals surface area contributed by atoms with Gasteiger partial charge in [-0.2, -0.15) is 0 Å². The summed E-state index contributed by atoms with van der Waals surface area (Å²) in [5, 5.41) is 11.1. The first-order chi connectivity index (χ1) is 8.79. The number of aliphatic hydroxyl groups is 1. The molecular formula is C13H18N2O2S. The molecule has 1 amide bonds. The molecule has 3 heterocycles. The van der Waals surface area contributed by atoms with E-state index in [-0.39, 0.29) is 12.5 Å². The number of hydrogen-bond acceptors (Lipinski definition) is 4. The Morgan fingerprint density at radius 2 is 2.33 bits per heavy atom. The standard InChI is InChI=1S/C13H18N2O2S/c16-6-5-15-11-3-4-14(12(11)8-13(15)17)9-10-2-1-7-18-10/h1-2,7,11-12,16H,3-6,8-9H2/t11-,12+/m0/s1. The van der Waals surface area contributed by atoms with Crippen molar-refractivity contribution in [1.29, 1.82) is 0 Å². The highest BCUT2D eigenvalue weighted by Gasteiger charge is 2.46. The summed E-state index contributed by atoms with van der Waals surface area (Å²) in [5.74, 6) is 0.204. The van der Waals surface area contributed by atoms with Crippen LogP contribution in [0.3, 0.4) is 0 Å². The molecule has 0 aromatic carbocycles. The number of amides is 1. The minimum atomic E-state index is 0.0693. The van der Waals surface area contributed by atoms with Crippen molar-refractivity contribution in [3.05, 3.63) is 22.4 Å². The molecule has 4 nitrogen and oxygen atoms in total. The molecule has 5 heteroatoms. The van der Waals surface area contributed by atoms with Crippen LogP contribution in [0.15, 0.2) is 17.5 Å². The monoisotopic (exact) mass is 266 g/mol. The van der Waals surface area contributed by atoms with Crippen molar-refractivity contribution in [3.8, 4) is 0 Å². The molecule has 0 bridgehead atoms. The Kier molecular flexibility index (Phi) is 3.37. The number of thiophene rings is 1. The van der Waals surface area contributed by atoms with E-state index in [1.54, 1.807) is 11.3 Å². The molecule has 2 fully saturated rings. The maximum atomic E-state index is 11.9. The van der Waals surface area contributed by atoms with E-state index in [1.165, 1.54) is 4.88 Å². The van der Waals surface area contributed by atoms with Crippen molar-refractivity contribution in [2.45, 2.75) is 31.5 Å².